The van der Waals surface area contributed by atoms with Crippen LogP contribution in [0.15, 0.2) is 64.2 Å². The summed E-state index contributed by atoms with van der Waals surface area (Å²) in [5.41, 5.74) is 2.94. The quantitative estimate of drug-likeness (QED) is 0.607. The fraction of sp³-hybridized carbons (Fsp3) is 0.238. The van der Waals surface area contributed by atoms with E-state index < -0.39 is 9.84 Å². The van der Waals surface area contributed by atoms with E-state index in [0.29, 0.717) is 28.8 Å². The van der Waals surface area contributed by atoms with Crippen LogP contribution in [0.3, 0.4) is 0 Å². The van der Waals surface area contributed by atoms with Gasteiger partial charge in [0.15, 0.2) is 15.6 Å². The first kappa shape index (κ1) is 17.7. The lowest BCUT2D eigenvalue weighted by molar-refractivity contribution is 0.103. The number of rotatable bonds is 6. The second-order valence-electron chi connectivity index (χ2n) is 6.93. The third-order valence-corrected chi connectivity index (χ3v) is 5.99. The Balaban J connectivity index is 1.84. The number of ketones is 1. The number of benzene rings is 2. The maximum atomic E-state index is 13.3. The molecule has 0 amide bonds. The number of carbonyl (C=O) groups is 1. The Labute approximate surface area is 157 Å². The minimum absolute atomic E-state index is 0.182. The lowest BCUT2D eigenvalue weighted by atomic mass is 9.94. The van der Waals surface area contributed by atoms with E-state index in [-0.39, 0.29) is 16.6 Å². The van der Waals surface area contributed by atoms with Gasteiger partial charge in [-0.05, 0) is 36.5 Å². The predicted octanol–water partition coefficient (Wildman–Crippen LogP) is 3.78. The molecule has 0 radical (unpaired) electrons. The molecular weight excluding hydrogens is 362 g/mol. The van der Waals surface area contributed by atoms with Crippen LogP contribution in [0, 0.1) is 0 Å². The number of hydrogen-bond donors (Lipinski definition) is 0. The number of sulfone groups is 1. The van der Waals surface area contributed by atoms with Crippen molar-refractivity contribution in [2.24, 2.45) is 0 Å². The molecule has 4 rings (SSSR count). The van der Waals surface area contributed by atoms with E-state index >= 15 is 0 Å². The Morgan fingerprint density at radius 3 is 2.48 bits per heavy atom. The van der Waals surface area contributed by atoms with E-state index in [1.165, 1.54) is 12.5 Å². The average molecular weight is 381 g/mol. The van der Waals surface area contributed by atoms with E-state index in [2.05, 4.69) is 5.16 Å². The maximum absolute atomic E-state index is 13.3. The van der Waals surface area contributed by atoms with Crippen LogP contribution in [0.2, 0.25) is 0 Å². The van der Waals surface area contributed by atoms with Crippen LogP contribution in [0.25, 0.3) is 0 Å². The molecule has 1 fully saturated rings. The fourth-order valence-corrected chi connectivity index (χ4v) is 4.28. The first-order chi connectivity index (χ1) is 12.9. The largest absolute Gasteiger partial charge is 0.364 e. The highest BCUT2D eigenvalue weighted by atomic mass is 32.2. The average Bonchev–Trinajstić information content (AvgIpc) is 3.38. The van der Waals surface area contributed by atoms with Crippen molar-refractivity contribution in [3.8, 4) is 0 Å². The van der Waals surface area contributed by atoms with Crippen LogP contribution >= 0.6 is 0 Å². The molecule has 1 heterocycles. The number of nitrogens with zero attached hydrogens (tertiary/aromatic N) is 1. The van der Waals surface area contributed by atoms with Gasteiger partial charge in [0, 0.05) is 17.7 Å². The summed E-state index contributed by atoms with van der Waals surface area (Å²) in [6.07, 6.45) is 4.88. The van der Waals surface area contributed by atoms with Gasteiger partial charge in [-0.3, -0.25) is 4.79 Å². The smallest absolute Gasteiger partial charge is 0.198 e. The molecule has 1 aliphatic rings. The number of carbonyl (C=O) groups excluding carboxylic acids is 1. The molecule has 1 aliphatic carbocycles. The number of aromatic nitrogens is 1. The van der Waals surface area contributed by atoms with Crippen LogP contribution in [0.1, 0.15) is 51.5 Å². The summed E-state index contributed by atoms with van der Waals surface area (Å²) in [7, 11) is -3.48. The van der Waals surface area contributed by atoms with Gasteiger partial charge in [-0.25, -0.2) is 8.42 Å². The van der Waals surface area contributed by atoms with Gasteiger partial charge >= 0.3 is 0 Å². The highest BCUT2D eigenvalue weighted by Gasteiger charge is 2.33. The van der Waals surface area contributed by atoms with Crippen molar-refractivity contribution in [3.05, 3.63) is 82.7 Å². The van der Waals surface area contributed by atoms with Gasteiger partial charge in [-0.15, -0.1) is 0 Å². The minimum Gasteiger partial charge on any atom is -0.364 e. The zero-order chi connectivity index (χ0) is 19.0. The summed E-state index contributed by atoms with van der Waals surface area (Å²) >= 11 is 0. The third-order valence-electron chi connectivity index (χ3n) is 4.81. The van der Waals surface area contributed by atoms with Gasteiger partial charge in [-0.1, -0.05) is 47.6 Å². The topological polar surface area (TPSA) is 77.2 Å². The lowest BCUT2D eigenvalue weighted by Gasteiger charge is -2.13. The molecule has 0 N–H and O–H groups in total. The normalized spacial score (nSPS) is 14.3. The molecule has 1 saturated carbocycles. The standard InChI is InChI=1S/C21H19NO4S/c1-27(24,25)19-9-5-8-16(17(19)12-14-6-3-2-4-7-14)21(23)18-13-26-22-20(18)15-10-11-15/h2-9,13,15H,10-12H2,1H3. The van der Waals surface area contributed by atoms with Gasteiger partial charge in [-0.2, -0.15) is 0 Å². The molecule has 0 unspecified atom stereocenters. The van der Waals surface area contributed by atoms with E-state index in [4.69, 9.17) is 4.52 Å². The van der Waals surface area contributed by atoms with Gasteiger partial charge < -0.3 is 4.52 Å². The summed E-state index contributed by atoms with van der Waals surface area (Å²) in [4.78, 5) is 13.4. The summed E-state index contributed by atoms with van der Waals surface area (Å²) in [6.45, 7) is 0. The van der Waals surface area contributed by atoms with Crippen molar-refractivity contribution in [2.75, 3.05) is 6.26 Å². The number of hydrogen-bond acceptors (Lipinski definition) is 5. The second kappa shape index (κ2) is 6.78. The molecule has 2 aromatic carbocycles. The zero-order valence-electron chi connectivity index (χ0n) is 14.9. The molecule has 5 nitrogen and oxygen atoms in total. The van der Waals surface area contributed by atoms with Crippen LogP contribution in [0.5, 0.6) is 0 Å². The highest BCUT2D eigenvalue weighted by molar-refractivity contribution is 7.90. The van der Waals surface area contributed by atoms with Crippen molar-refractivity contribution < 1.29 is 17.7 Å². The molecule has 0 atom stereocenters. The molecule has 6 heteroatoms. The molecule has 1 aromatic heterocycles. The van der Waals surface area contributed by atoms with E-state index in [9.17, 15) is 13.2 Å². The highest BCUT2D eigenvalue weighted by Crippen LogP contribution is 2.41. The molecule has 0 saturated heterocycles. The van der Waals surface area contributed by atoms with Crippen molar-refractivity contribution in [1.29, 1.82) is 0 Å². The fourth-order valence-electron chi connectivity index (χ4n) is 3.32. The minimum atomic E-state index is -3.48. The Kier molecular flexibility index (Phi) is 4.44. The Morgan fingerprint density at radius 2 is 1.81 bits per heavy atom. The monoisotopic (exact) mass is 381 g/mol. The van der Waals surface area contributed by atoms with Crippen LogP contribution in [-0.2, 0) is 16.3 Å². The molecule has 0 bridgehead atoms. The first-order valence-corrected chi connectivity index (χ1v) is 10.7. The van der Waals surface area contributed by atoms with E-state index in [1.807, 2.05) is 30.3 Å². The van der Waals surface area contributed by atoms with Crippen molar-refractivity contribution in [1.82, 2.24) is 5.16 Å². The summed E-state index contributed by atoms with van der Waals surface area (Å²) < 4.78 is 29.8. The molecule has 27 heavy (non-hydrogen) atoms. The molecule has 0 aliphatic heterocycles. The Bertz CT molecular complexity index is 1100. The summed E-state index contributed by atoms with van der Waals surface area (Å²) in [5.74, 6) is 0.0212. The first-order valence-electron chi connectivity index (χ1n) is 8.80. The molecule has 138 valence electrons. The lowest BCUT2D eigenvalue weighted by Crippen LogP contribution is -2.12. The molecular formula is C21H19NO4S. The van der Waals surface area contributed by atoms with Crippen LogP contribution < -0.4 is 0 Å². The third kappa shape index (κ3) is 3.57. The van der Waals surface area contributed by atoms with Gasteiger partial charge in [0.05, 0.1) is 16.2 Å². The van der Waals surface area contributed by atoms with Gasteiger partial charge in [0.1, 0.15) is 6.26 Å². The predicted molar refractivity (Wildman–Crippen MR) is 101 cm³/mol. The van der Waals surface area contributed by atoms with Crippen molar-refractivity contribution in [3.63, 3.8) is 0 Å². The van der Waals surface area contributed by atoms with Gasteiger partial charge in [0.25, 0.3) is 0 Å². The molecule has 0 spiro atoms. The van der Waals surface area contributed by atoms with Crippen LogP contribution in [-0.4, -0.2) is 25.6 Å². The Hall–Kier alpha value is -2.73. The van der Waals surface area contributed by atoms with Gasteiger partial charge in [0.2, 0.25) is 0 Å². The van der Waals surface area contributed by atoms with Crippen molar-refractivity contribution in [2.45, 2.75) is 30.1 Å². The maximum Gasteiger partial charge on any atom is 0.198 e. The van der Waals surface area contributed by atoms with Crippen molar-refractivity contribution >= 4 is 15.6 Å². The molecule has 3 aromatic rings. The summed E-state index contributed by atoms with van der Waals surface area (Å²) in [6, 6.07) is 14.4. The van der Waals surface area contributed by atoms with E-state index in [0.717, 1.165) is 18.4 Å². The SMILES string of the molecule is CS(=O)(=O)c1cccc(C(=O)c2conc2C2CC2)c1Cc1ccccc1. The summed E-state index contributed by atoms with van der Waals surface area (Å²) in [5, 5.41) is 4.00. The second-order valence-corrected chi connectivity index (χ2v) is 8.92. The zero-order valence-corrected chi connectivity index (χ0v) is 15.7. The van der Waals surface area contributed by atoms with E-state index in [1.54, 1.807) is 18.2 Å². The van der Waals surface area contributed by atoms with Crippen LogP contribution in [0.4, 0.5) is 0 Å². The Morgan fingerprint density at radius 1 is 1.07 bits per heavy atom.